The Morgan fingerprint density at radius 3 is 2.48 bits per heavy atom. The Morgan fingerprint density at radius 2 is 1.73 bits per heavy atom. The van der Waals surface area contributed by atoms with E-state index in [0.717, 1.165) is 22.4 Å². The SMILES string of the molecule is O[C@@H](COCc1ccccc1)CN(Cc1cccc(F)c1)C[C@H]1CC(c2ccccc2)=NO1. The van der Waals surface area contributed by atoms with Crippen LogP contribution in [-0.4, -0.2) is 47.6 Å². The lowest BCUT2D eigenvalue weighted by atomic mass is 10.0. The molecule has 0 radical (unpaired) electrons. The molecule has 4 rings (SSSR count). The van der Waals surface area contributed by atoms with Gasteiger partial charge >= 0.3 is 0 Å². The van der Waals surface area contributed by atoms with Gasteiger partial charge in [-0.15, -0.1) is 0 Å². The lowest BCUT2D eigenvalue weighted by Gasteiger charge is -2.27. The number of aliphatic hydroxyl groups excluding tert-OH is 1. The van der Waals surface area contributed by atoms with Crippen LogP contribution < -0.4 is 0 Å². The molecule has 0 amide bonds. The number of nitrogens with zero attached hydrogens (tertiary/aromatic N) is 2. The highest BCUT2D eigenvalue weighted by Gasteiger charge is 2.25. The van der Waals surface area contributed by atoms with Crippen molar-refractivity contribution in [1.82, 2.24) is 4.90 Å². The molecular weight excluding hydrogens is 419 g/mol. The number of hydrogen-bond acceptors (Lipinski definition) is 5. The summed E-state index contributed by atoms with van der Waals surface area (Å²) in [7, 11) is 0. The summed E-state index contributed by atoms with van der Waals surface area (Å²) in [4.78, 5) is 7.76. The molecule has 0 bridgehead atoms. The van der Waals surface area contributed by atoms with Crippen LogP contribution in [0.4, 0.5) is 4.39 Å². The van der Waals surface area contributed by atoms with Gasteiger partial charge in [0.25, 0.3) is 0 Å². The van der Waals surface area contributed by atoms with Crippen LogP contribution in [0.5, 0.6) is 0 Å². The number of ether oxygens (including phenoxy) is 1. The highest BCUT2D eigenvalue weighted by molar-refractivity contribution is 6.01. The molecule has 0 aliphatic carbocycles. The quantitative estimate of drug-likeness (QED) is 0.473. The predicted molar refractivity (Wildman–Crippen MR) is 126 cm³/mol. The van der Waals surface area contributed by atoms with E-state index in [1.807, 2.05) is 66.7 Å². The highest BCUT2D eigenvalue weighted by Crippen LogP contribution is 2.19. The molecule has 33 heavy (non-hydrogen) atoms. The first-order valence-electron chi connectivity index (χ1n) is 11.2. The monoisotopic (exact) mass is 448 g/mol. The maximum atomic E-state index is 13.7. The van der Waals surface area contributed by atoms with Gasteiger partial charge in [-0.1, -0.05) is 78.0 Å². The molecular formula is C27H29FN2O3. The Bertz CT molecular complexity index is 1030. The topological polar surface area (TPSA) is 54.3 Å². The van der Waals surface area contributed by atoms with E-state index in [9.17, 15) is 9.50 Å². The van der Waals surface area contributed by atoms with Gasteiger partial charge in [0.15, 0.2) is 0 Å². The van der Waals surface area contributed by atoms with Crippen molar-refractivity contribution in [3.05, 3.63) is 107 Å². The second kappa shape index (κ2) is 11.7. The zero-order valence-electron chi connectivity index (χ0n) is 18.5. The predicted octanol–water partition coefficient (Wildman–Crippen LogP) is 4.40. The summed E-state index contributed by atoms with van der Waals surface area (Å²) in [5.74, 6) is -0.272. The molecule has 0 unspecified atom stereocenters. The molecule has 3 aromatic rings. The van der Waals surface area contributed by atoms with Gasteiger partial charge in [-0.2, -0.15) is 0 Å². The lowest BCUT2D eigenvalue weighted by Crippen LogP contribution is -2.39. The summed E-state index contributed by atoms with van der Waals surface area (Å²) in [6.07, 6.45) is -0.131. The number of rotatable bonds is 11. The number of halogens is 1. The van der Waals surface area contributed by atoms with Crippen LogP contribution in [-0.2, 0) is 22.7 Å². The third kappa shape index (κ3) is 7.22. The van der Waals surface area contributed by atoms with Crippen LogP contribution in [0.1, 0.15) is 23.1 Å². The summed E-state index contributed by atoms with van der Waals surface area (Å²) in [6, 6.07) is 26.4. The van der Waals surface area contributed by atoms with E-state index in [1.54, 1.807) is 6.07 Å². The van der Waals surface area contributed by atoms with Gasteiger partial charge in [0.05, 0.1) is 25.0 Å². The standard InChI is InChI=1S/C27H29FN2O3/c28-24-13-7-10-22(14-24)16-30(17-25(31)20-32-19-21-8-3-1-4-9-21)18-26-15-27(29-33-26)23-11-5-2-6-12-23/h1-14,25-26,31H,15-20H2/t25-,26-/m1/s1. The van der Waals surface area contributed by atoms with Crippen molar-refractivity contribution >= 4 is 5.71 Å². The van der Waals surface area contributed by atoms with Crippen LogP contribution in [0, 0.1) is 5.82 Å². The molecule has 1 aliphatic rings. The van der Waals surface area contributed by atoms with E-state index < -0.39 is 6.10 Å². The van der Waals surface area contributed by atoms with Gasteiger partial charge in [0, 0.05) is 26.1 Å². The summed E-state index contributed by atoms with van der Waals surface area (Å²) in [5, 5.41) is 14.9. The van der Waals surface area contributed by atoms with E-state index in [4.69, 9.17) is 9.57 Å². The van der Waals surface area contributed by atoms with E-state index >= 15 is 0 Å². The number of benzene rings is 3. The largest absolute Gasteiger partial charge is 0.390 e. The Morgan fingerprint density at radius 1 is 1.00 bits per heavy atom. The van der Waals surface area contributed by atoms with Gasteiger partial charge in [-0.25, -0.2) is 4.39 Å². The van der Waals surface area contributed by atoms with Crippen molar-refractivity contribution in [3.63, 3.8) is 0 Å². The second-order valence-electron chi connectivity index (χ2n) is 8.31. The van der Waals surface area contributed by atoms with Crippen molar-refractivity contribution in [1.29, 1.82) is 0 Å². The molecule has 172 valence electrons. The van der Waals surface area contributed by atoms with E-state index in [-0.39, 0.29) is 18.5 Å². The van der Waals surface area contributed by atoms with Crippen molar-refractivity contribution in [2.75, 3.05) is 19.7 Å². The minimum atomic E-state index is -0.682. The first-order chi connectivity index (χ1) is 16.2. The molecule has 1 heterocycles. The summed E-state index contributed by atoms with van der Waals surface area (Å²) in [6.45, 7) is 2.10. The van der Waals surface area contributed by atoms with Gasteiger partial charge in [0.2, 0.25) is 0 Å². The number of aliphatic hydroxyl groups is 1. The molecule has 6 heteroatoms. The average Bonchev–Trinajstić information content (AvgIpc) is 3.29. The van der Waals surface area contributed by atoms with E-state index in [0.29, 0.717) is 32.7 Å². The third-order valence-electron chi connectivity index (χ3n) is 5.49. The summed E-state index contributed by atoms with van der Waals surface area (Å²) >= 11 is 0. The van der Waals surface area contributed by atoms with Crippen molar-refractivity contribution < 1.29 is 19.1 Å². The Hall–Kier alpha value is -3.06. The number of oxime groups is 1. The molecule has 0 saturated heterocycles. The fourth-order valence-electron chi connectivity index (χ4n) is 3.95. The molecule has 0 fully saturated rings. The Balaban J connectivity index is 1.34. The normalized spacial score (nSPS) is 16.5. The van der Waals surface area contributed by atoms with E-state index in [2.05, 4.69) is 10.1 Å². The molecule has 3 aromatic carbocycles. The maximum Gasteiger partial charge on any atom is 0.145 e. The molecule has 1 aliphatic heterocycles. The Kier molecular flexibility index (Phi) is 8.19. The minimum Gasteiger partial charge on any atom is -0.390 e. The van der Waals surface area contributed by atoms with E-state index in [1.165, 1.54) is 12.1 Å². The molecule has 0 saturated carbocycles. The first kappa shape index (κ1) is 23.1. The molecule has 1 N–H and O–H groups in total. The Labute approximate surface area is 194 Å². The maximum absolute atomic E-state index is 13.7. The van der Waals surface area contributed by atoms with Crippen molar-refractivity contribution in [2.24, 2.45) is 5.16 Å². The summed E-state index contributed by atoms with van der Waals surface area (Å²) in [5.41, 5.74) is 3.87. The first-order valence-corrected chi connectivity index (χ1v) is 11.2. The van der Waals surface area contributed by atoms with Gasteiger partial charge in [-0.3, -0.25) is 4.90 Å². The molecule has 2 atom stereocenters. The van der Waals surface area contributed by atoms with Crippen LogP contribution in [0.3, 0.4) is 0 Å². The fraction of sp³-hybridized carbons (Fsp3) is 0.296. The molecule has 0 aromatic heterocycles. The fourth-order valence-corrected chi connectivity index (χ4v) is 3.95. The second-order valence-corrected chi connectivity index (χ2v) is 8.31. The minimum absolute atomic E-state index is 0.133. The van der Waals surface area contributed by atoms with Crippen molar-refractivity contribution in [2.45, 2.75) is 31.8 Å². The zero-order valence-corrected chi connectivity index (χ0v) is 18.5. The lowest BCUT2D eigenvalue weighted by molar-refractivity contribution is -0.00650. The zero-order chi connectivity index (χ0) is 22.9. The van der Waals surface area contributed by atoms with Gasteiger partial charge in [0.1, 0.15) is 11.9 Å². The average molecular weight is 449 g/mol. The smallest absolute Gasteiger partial charge is 0.145 e. The van der Waals surface area contributed by atoms with Crippen LogP contribution in [0.25, 0.3) is 0 Å². The van der Waals surface area contributed by atoms with Gasteiger partial charge in [-0.05, 0) is 28.8 Å². The molecule has 0 spiro atoms. The number of hydrogen-bond donors (Lipinski definition) is 1. The van der Waals surface area contributed by atoms with Crippen LogP contribution in [0.2, 0.25) is 0 Å². The third-order valence-corrected chi connectivity index (χ3v) is 5.49. The highest BCUT2D eigenvalue weighted by atomic mass is 19.1. The summed E-state index contributed by atoms with van der Waals surface area (Å²) < 4.78 is 19.4. The van der Waals surface area contributed by atoms with Gasteiger partial charge < -0.3 is 14.7 Å². The molecule has 5 nitrogen and oxygen atoms in total. The van der Waals surface area contributed by atoms with Crippen molar-refractivity contribution in [3.8, 4) is 0 Å². The van der Waals surface area contributed by atoms with Crippen LogP contribution in [0.15, 0.2) is 90.1 Å². The van der Waals surface area contributed by atoms with Crippen LogP contribution >= 0.6 is 0 Å².